The highest BCUT2D eigenvalue weighted by Gasteiger charge is 2.30. The molecule has 0 saturated carbocycles. The maximum Gasteiger partial charge on any atom is 0.0717 e. The zero-order chi connectivity index (χ0) is 13.9. The SMILES string of the molecule is CC1=C[C@@H](C(C)(C)C)N[C@H]1COCc1ccccc1. The minimum atomic E-state index is 0.259. The molecule has 0 spiro atoms. The van der Waals surface area contributed by atoms with E-state index in [1.54, 1.807) is 0 Å². The zero-order valence-electron chi connectivity index (χ0n) is 12.4. The summed E-state index contributed by atoms with van der Waals surface area (Å²) in [5.41, 5.74) is 2.89. The van der Waals surface area contributed by atoms with Gasteiger partial charge >= 0.3 is 0 Å². The lowest BCUT2D eigenvalue weighted by Crippen LogP contribution is -2.41. The molecule has 1 aliphatic rings. The van der Waals surface area contributed by atoms with Crippen LogP contribution in [0.4, 0.5) is 0 Å². The van der Waals surface area contributed by atoms with Crippen LogP contribution in [0.2, 0.25) is 0 Å². The van der Waals surface area contributed by atoms with Crippen LogP contribution in [0.3, 0.4) is 0 Å². The van der Waals surface area contributed by atoms with E-state index in [1.165, 1.54) is 11.1 Å². The first kappa shape index (κ1) is 14.3. The van der Waals surface area contributed by atoms with Crippen LogP contribution >= 0.6 is 0 Å². The molecule has 0 fully saturated rings. The van der Waals surface area contributed by atoms with Gasteiger partial charge in [-0.2, -0.15) is 0 Å². The Morgan fingerprint density at radius 3 is 2.42 bits per heavy atom. The van der Waals surface area contributed by atoms with E-state index in [1.807, 2.05) is 18.2 Å². The molecule has 1 aliphatic heterocycles. The van der Waals surface area contributed by atoms with Crippen LogP contribution in [0.15, 0.2) is 42.0 Å². The lowest BCUT2D eigenvalue weighted by molar-refractivity contribution is 0.104. The van der Waals surface area contributed by atoms with Crippen molar-refractivity contribution >= 4 is 0 Å². The molecule has 2 nitrogen and oxygen atoms in total. The molecule has 0 aliphatic carbocycles. The molecular weight excluding hydrogens is 234 g/mol. The zero-order valence-corrected chi connectivity index (χ0v) is 12.4. The first-order valence-electron chi connectivity index (χ1n) is 7.03. The first-order chi connectivity index (χ1) is 8.97. The maximum atomic E-state index is 5.83. The van der Waals surface area contributed by atoms with Crippen molar-refractivity contribution in [3.63, 3.8) is 0 Å². The van der Waals surface area contributed by atoms with Gasteiger partial charge in [0.2, 0.25) is 0 Å². The highest BCUT2D eigenvalue weighted by Crippen LogP contribution is 2.27. The molecule has 0 bridgehead atoms. The van der Waals surface area contributed by atoms with E-state index in [2.05, 4.69) is 51.2 Å². The topological polar surface area (TPSA) is 21.3 Å². The largest absolute Gasteiger partial charge is 0.375 e. The Hall–Kier alpha value is -1.12. The van der Waals surface area contributed by atoms with E-state index in [-0.39, 0.29) is 5.41 Å². The third-order valence-electron chi connectivity index (χ3n) is 3.69. The summed E-state index contributed by atoms with van der Waals surface area (Å²) in [6, 6.07) is 11.1. The second-order valence-electron chi connectivity index (χ2n) is 6.47. The third kappa shape index (κ3) is 3.92. The molecule has 104 valence electrons. The van der Waals surface area contributed by atoms with Crippen molar-refractivity contribution in [1.82, 2.24) is 5.32 Å². The van der Waals surface area contributed by atoms with Crippen LogP contribution in [0.5, 0.6) is 0 Å². The Balaban J connectivity index is 1.81. The van der Waals surface area contributed by atoms with Gasteiger partial charge in [-0.25, -0.2) is 0 Å². The highest BCUT2D eigenvalue weighted by atomic mass is 16.5. The molecular formula is C17H25NO. The van der Waals surface area contributed by atoms with Crippen molar-refractivity contribution in [2.75, 3.05) is 6.61 Å². The van der Waals surface area contributed by atoms with E-state index >= 15 is 0 Å². The van der Waals surface area contributed by atoms with Crippen LogP contribution in [0.1, 0.15) is 33.3 Å². The molecule has 0 radical (unpaired) electrons. The van der Waals surface area contributed by atoms with Crippen molar-refractivity contribution in [3.05, 3.63) is 47.5 Å². The molecule has 2 atom stereocenters. The predicted octanol–water partition coefficient (Wildman–Crippen LogP) is 3.54. The van der Waals surface area contributed by atoms with Crippen molar-refractivity contribution in [2.45, 2.75) is 46.4 Å². The van der Waals surface area contributed by atoms with Crippen LogP contribution in [0, 0.1) is 5.41 Å². The van der Waals surface area contributed by atoms with Crippen LogP contribution in [0.25, 0.3) is 0 Å². The van der Waals surface area contributed by atoms with Gasteiger partial charge in [-0.3, -0.25) is 0 Å². The van der Waals surface area contributed by atoms with E-state index in [0.29, 0.717) is 18.7 Å². The molecule has 1 aromatic carbocycles. The molecule has 19 heavy (non-hydrogen) atoms. The molecule has 2 rings (SSSR count). The number of hydrogen-bond acceptors (Lipinski definition) is 2. The average Bonchev–Trinajstić information content (AvgIpc) is 2.72. The van der Waals surface area contributed by atoms with Gasteiger partial charge in [-0.1, -0.05) is 62.8 Å². The first-order valence-corrected chi connectivity index (χ1v) is 7.03. The van der Waals surface area contributed by atoms with Gasteiger partial charge in [0.05, 0.1) is 19.3 Å². The fourth-order valence-corrected chi connectivity index (χ4v) is 2.32. The van der Waals surface area contributed by atoms with E-state index in [0.717, 1.165) is 6.61 Å². The number of rotatable bonds is 4. The molecule has 1 heterocycles. The van der Waals surface area contributed by atoms with E-state index in [9.17, 15) is 0 Å². The fraction of sp³-hybridized carbons (Fsp3) is 0.529. The molecule has 1 N–H and O–H groups in total. The Morgan fingerprint density at radius 2 is 1.84 bits per heavy atom. The second kappa shape index (κ2) is 5.89. The Labute approximate surface area is 116 Å². The van der Waals surface area contributed by atoms with Gasteiger partial charge in [-0.05, 0) is 17.9 Å². The Kier molecular flexibility index (Phi) is 4.43. The van der Waals surface area contributed by atoms with Gasteiger partial charge in [0.25, 0.3) is 0 Å². The summed E-state index contributed by atoms with van der Waals surface area (Å²) >= 11 is 0. The van der Waals surface area contributed by atoms with Gasteiger partial charge in [0.1, 0.15) is 0 Å². The molecule has 0 unspecified atom stereocenters. The quantitative estimate of drug-likeness (QED) is 0.835. The predicted molar refractivity (Wildman–Crippen MR) is 80.0 cm³/mol. The summed E-state index contributed by atoms with van der Waals surface area (Å²) in [4.78, 5) is 0. The van der Waals surface area contributed by atoms with Crippen molar-refractivity contribution < 1.29 is 4.74 Å². The minimum Gasteiger partial charge on any atom is -0.375 e. The molecule has 0 saturated heterocycles. The minimum absolute atomic E-state index is 0.259. The Bertz CT molecular complexity index is 430. The number of hydrogen-bond donors (Lipinski definition) is 1. The number of nitrogens with one attached hydrogen (secondary N) is 1. The summed E-state index contributed by atoms with van der Waals surface area (Å²) in [6.45, 7) is 10.4. The second-order valence-corrected chi connectivity index (χ2v) is 6.47. The van der Waals surface area contributed by atoms with E-state index in [4.69, 9.17) is 4.74 Å². The molecule has 0 amide bonds. The molecule has 1 aromatic rings. The van der Waals surface area contributed by atoms with Crippen LogP contribution < -0.4 is 5.32 Å². The van der Waals surface area contributed by atoms with Gasteiger partial charge < -0.3 is 10.1 Å². The van der Waals surface area contributed by atoms with Gasteiger partial charge in [0.15, 0.2) is 0 Å². The normalized spacial score (nSPS) is 23.5. The number of ether oxygens (including phenoxy) is 1. The summed E-state index contributed by atoms with van der Waals surface area (Å²) in [5.74, 6) is 0. The summed E-state index contributed by atoms with van der Waals surface area (Å²) in [6.07, 6.45) is 2.34. The third-order valence-corrected chi connectivity index (χ3v) is 3.69. The van der Waals surface area contributed by atoms with Crippen molar-refractivity contribution in [2.24, 2.45) is 5.41 Å². The van der Waals surface area contributed by atoms with Gasteiger partial charge in [0, 0.05) is 6.04 Å². The Morgan fingerprint density at radius 1 is 1.16 bits per heavy atom. The number of benzene rings is 1. The highest BCUT2D eigenvalue weighted by molar-refractivity contribution is 5.21. The lowest BCUT2D eigenvalue weighted by Gasteiger charge is -2.27. The van der Waals surface area contributed by atoms with Gasteiger partial charge in [-0.15, -0.1) is 0 Å². The smallest absolute Gasteiger partial charge is 0.0717 e. The van der Waals surface area contributed by atoms with Crippen LogP contribution in [-0.2, 0) is 11.3 Å². The summed E-state index contributed by atoms with van der Waals surface area (Å²) in [5, 5.41) is 3.65. The maximum absolute atomic E-state index is 5.83. The average molecular weight is 259 g/mol. The molecule has 0 aromatic heterocycles. The fourth-order valence-electron chi connectivity index (χ4n) is 2.32. The van der Waals surface area contributed by atoms with Crippen molar-refractivity contribution in [3.8, 4) is 0 Å². The van der Waals surface area contributed by atoms with Crippen molar-refractivity contribution in [1.29, 1.82) is 0 Å². The lowest BCUT2D eigenvalue weighted by atomic mass is 9.87. The van der Waals surface area contributed by atoms with Crippen LogP contribution in [-0.4, -0.2) is 18.7 Å². The summed E-state index contributed by atoms with van der Waals surface area (Å²) in [7, 11) is 0. The monoisotopic (exact) mass is 259 g/mol. The molecule has 2 heteroatoms. The summed E-state index contributed by atoms with van der Waals surface area (Å²) < 4.78 is 5.83. The standard InChI is InChI=1S/C17H25NO/c1-13-10-16(17(2,3)4)18-15(13)12-19-11-14-8-6-5-7-9-14/h5-10,15-16,18H,11-12H2,1-4H3/t15-,16-/m0/s1. The van der Waals surface area contributed by atoms with E-state index < -0.39 is 0 Å².